The van der Waals surface area contributed by atoms with Gasteiger partial charge in [0.05, 0.1) is 17.2 Å². The number of fused-ring (bicyclic) bond motifs is 2. The maximum absolute atomic E-state index is 13.6. The second-order valence-electron chi connectivity index (χ2n) is 8.54. The highest BCUT2D eigenvalue weighted by molar-refractivity contribution is 6.14. The van der Waals surface area contributed by atoms with Crippen LogP contribution in [0.25, 0.3) is 10.9 Å². The molecule has 2 aromatic carbocycles. The second kappa shape index (κ2) is 7.31. The van der Waals surface area contributed by atoms with Gasteiger partial charge in [-0.25, -0.2) is 0 Å². The van der Waals surface area contributed by atoms with Crippen molar-refractivity contribution in [3.05, 3.63) is 64.8 Å². The van der Waals surface area contributed by atoms with Crippen LogP contribution in [0.5, 0.6) is 0 Å². The summed E-state index contributed by atoms with van der Waals surface area (Å²) in [5, 5.41) is 4.26. The molecule has 2 aliphatic rings. The Balaban J connectivity index is 1.59. The lowest BCUT2D eigenvalue weighted by atomic mass is 9.87. The van der Waals surface area contributed by atoms with Crippen LogP contribution >= 0.6 is 0 Å². The Morgan fingerprint density at radius 3 is 2.73 bits per heavy atom. The fraction of sp³-hybridized carbons (Fsp3) is 0.360. The van der Waals surface area contributed by atoms with Gasteiger partial charge >= 0.3 is 0 Å². The molecule has 1 N–H and O–H groups in total. The molecule has 0 spiro atoms. The van der Waals surface area contributed by atoms with Gasteiger partial charge in [-0.1, -0.05) is 35.9 Å². The van der Waals surface area contributed by atoms with Gasteiger partial charge in [0.2, 0.25) is 5.91 Å². The van der Waals surface area contributed by atoms with Crippen molar-refractivity contribution in [2.24, 2.45) is 7.05 Å². The van der Waals surface area contributed by atoms with E-state index in [2.05, 4.69) is 35.6 Å². The van der Waals surface area contributed by atoms with Gasteiger partial charge in [0, 0.05) is 25.4 Å². The first kappa shape index (κ1) is 18.9. The predicted octanol–water partition coefficient (Wildman–Crippen LogP) is 4.42. The van der Waals surface area contributed by atoms with Crippen LogP contribution in [0.15, 0.2) is 42.5 Å². The van der Waals surface area contributed by atoms with Crippen LogP contribution in [0.1, 0.15) is 58.9 Å². The molecule has 1 atom stereocenters. The van der Waals surface area contributed by atoms with Gasteiger partial charge in [0.25, 0.3) is 5.91 Å². The summed E-state index contributed by atoms with van der Waals surface area (Å²) >= 11 is 0. The summed E-state index contributed by atoms with van der Waals surface area (Å²) in [7, 11) is 1.92. The Morgan fingerprint density at radius 1 is 1.10 bits per heavy atom. The largest absolute Gasteiger partial charge is 0.344 e. The topological polar surface area (TPSA) is 54.3 Å². The molecule has 1 fully saturated rings. The van der Waals surface area contributed by atoms with E-state index < -0.39 is 0 Å². The van der Waals surface area contributed by atoms with Crippen molar-refractivity contribution >= 4 is 28.4 Å². The summed E-state index contributed by atoms with van der Waals surface area (Å²) < 4.78 is 1.94. The zero-order valence-corrected chi connectivity index (χ0v) is 17.6. The monoisotopic (exact) mass is 401 g/mol. The zero-order chi connectivity index (χ0) is 20.8. The molecule has 30 heavy (non-hydrogen) atoms. The lowest BCUT2D eigenvalue weighted by molar-refractivity contribution is -0.117. The molecule has 1 saturated heterocycles. The summed E-state index contributed by atoms with van der Waals surface area (Å²) in [6.45, 7) is 2.71. The first-order valence-corrected chi connectivity index (χ1v) is 10.8. The molecule has 154 valence electrons. The van der Waals surface area contributed by atoms with Gasteiger partial charge in [0.1, 0.15) is 5.69 Å². The molecule has 5 heteroatoms. The fourth-order valence-corrected chi connectivity index (χ4v) is 5.09. The number of nitrogens with zero attached hydrogens (tertiary/aromatic N) is 2. The normalized spacial score (nSPS) is 18.7. The van der Waals surface area contributed by atoms with E-state index in [1.54, 1.807) is 0 Å². The number of benzene rings is 2. The molecule has 1 aromatic heterocycles. The van der Waals surface area contributed by atoms with Crippen LogP contribution < -0.4 is 10.2 Å². The quantitative estimate of drug-likeness (QED) is 0.706. The van der Waals surface area contributed by atoms with Crippen LogP contribution in [-0.4, -0.2) is 22.9 Å². The van der Waals surface area contributed by atoms with E-state index in [1.165, 1.54) is 11.1 Å². The highest BCUT2D eigenvalue weighted by Crippen LogP contribution is 2.37. The highest BCUT2D eigenvalue weighted by Gasteiger charge is 2.32. The number of carbonyl (C=O) groups is 2. The van der Waals surface area contributed by atoms with Gasteiger partial charge in [-0.15, -0.1) is 0 Å². The molecule has 5 rings (SSSR count). The SMILES string of the molecule is Cc1ccc2c(c1)c(N1CCCC1=O)c(C(=O)N[C@@H]1CCCc3ccccc31)n2C. The summed E-state index contributed by atoms with van der Waals surface area (Å²) in [4.78, 5) is 28.0. The first-order valence-electron chi connectivity index (χ1n) is 10.8. The Labute approximate surface area is 176 Å². The van der Waals surface area contributed by atoms with Crippen molar-refractivity contribution in [2.45, 2.75) is 45.1 Å². The summed E-state index contributed by atoms with van der Waals surface area (Å²) in [6.07, 6.45) is 4.43. The van der Waals surface area contributed by atoms with Crippen molar-refractivity contribution in [1.82, 2.24) is 9.88 Å². The number of anilines is 1. The van der Waals surface area contributed by atoms with E-state index >= 15 is 0 Å². The lowest BCUT2D eigenvalue weighted by Gasteiger charge is -2.27. The van der Waals surface area contributed by atoms with Crippen molar-refractivity contribution in [3.63, 3.8) is 0 Å². The number of aromatic nitrogens is 1. The number of nitrogens with one attached hydrogen (secondary N) is 1. The number of hydrogen-bond donors (Lipinski definition) is 1. The third kappa shape index (κ3) is 3.00. The molecule has 1 aliphatic carbocycles. The minimum atomic E-state index is -0.109. The Morgan fingerprint density at radius 2 is 1.93 bits per heavy atom. The van der Waals surface area contributed by atoms with E-state index in [0.717, 1.165) is 47.8 Å². The average molecular weight is 402 g/mol. The summed E-state index contributed by atoms with van der Waals surface area (Å²) in [5.74, 6) is -0.0103. The molecule has 1 aliphatic heterocycles. The Bertz CT molecular complexity index is 1160. The third-order valence-corrected chi connectivity index (χ3v) is 6.56. The molecule has 0 saturated carbocycles. The Kier molecular flexibility index (Phi) is 4.61. The second-order valence-corrected chi connectivity index (χ2v) is 8.54. The number of carbonyl (C=O) groups excluding carboxylic acids is 2. The van der Waals surface area contributed by atoms with Gasteiger partial charge in [-0.2, -0.15) is 0 Å². The smallest absolute Gasteiger partial charge is 0.270 e. The molecule has 5 nitrogen and oxygen atoms in total. The van der Waals surface area contributed by atoms with E-state index in [1.807, 2.05) is 35.6 Å². The van der Waals surface area contributed by atoms with Crippen LogP contribution in [0.3, 0.4) is 0 Å². The minimum Gasteiger partial charge on any atom is -0.344 e. The molecule has 2 heterocycles. The summed E-state index contributed by atoms with van der Waals surface area (Å²) in [6, 6.07) is 14.6. The Hall–Kier alpha value is -3.08. The first-order chi connectivity index (χ1) is 14.5. The van der Waals surface area contributed by atoms with Gasteiger partial charge < -0.3 is 14.8 Å². The molecular formula is C25H27N3O2. The van der Waals surface area contributed by atoms with Crippen LogP contribution in [0.4, 0.5) is 5.69 Å². The zero-order valence-electron chi connectivity index (χ0n) is 17.6. The van der Waals surface area contributed by atoms with Gasteiger partial charge in [0.15, 0.2) is 0 Å². The van der Waals surface area contributed by atoms with E-state index in [0.29, 0.717) is 18.7 Å². The number of amides is 2. The maximum Gasteiger partial charge on any atom is 0.270 e. The van der Waals surface area contributed by atoms with Crippen molar-refractivity contribution in [2.75, 3.05) is 11.4 Å². The van der Waals surface area contributed by atoms with Crippen molar-refractivity contribution in [3.8, 4) is 0 Å². The van der Waals surface area contributed by atoms with E-state index in [9.17, 15) is 9.59 Å². The van der Waals surface area contributed by atoms with Crippen molar-refractivity contribution < 1.29 is 9.59 Å². The maximum atomic E-state index is 13.6. The van der Waals surface area contributed by atoms with E-state index in [4.69, 9.17) is 0 Å². The van der Waals surface area contributed by atoms with Gasteiger partial charge in [-0.05, 0) is 55.9 Å². The molecule has 3 aromatic rings. The van der Waals surface area contributed by atoms with Gasteiger partial charge in [-0.3, -0.25) is 9.59 Å². The van der Waals surface area contributed by atoms with Crippen LogP contribution in [0, 0.1) is 6.92 Å². The molecular weight excluding hydrogens is 374 g/mol. The lowest BCUT2D eigenvalue weighted by Crippen LogP contribution is -2.34. The number of rotatable bonds is 3. The van der Waals surface area contributed by atoms with Crippen LogP contribution in [0.2, 0.25) is 0 Å². The average Bonchev–Trinajstić information content (AvgIpc) is 3.28. The third-order valence-electron chi connectivity index (χ3n) is 6.56. The van der Waals surface area contributed by atoms with Crippen LogP contribution in [-0.2, 0) is 18.3 Å². The minimum absolute atomic E-state index is 0.00401. The summed E-state index contributed by atoms with van der Waals surface area (Å²) in [5.41, 5.74) is 5.97. The fourth-order valence-electron chi connectivity index (χ4n) is 5.09. The number of aryl methyl sites for hydroxylation is 3. The molecule has 0 unspecified atom stereocenters. The standard InChI is InChI=1S/C25H27N3O2/c1-16-12-13-21-19(15-16)23(28-14-6-11-22(28)29)24(27(21)2)25(30)26-20-10-5-8-17-7-3-4-9-18(17)20/h3-4,7,9,12-13,15,20H,5-6,8,10-11,14H2,1-2H3,(H,26,30)/t20-/m1/s1. The predicted molar refractivity (Wildman–Crippen MR) is 119 cm³/mol. The molecule has 0 radical (unpaired) electrons. The number of hydrogen-bond acceptors (Lipinski definition) is 2. The highest BCUT2D eigenvalue weighted by atomic mass is 16.2. The molecule has 0 bridgehead atoms. The molecule has 2 amide bonds. The van der Waals surface area contributed by atoms with Crippen molar-refractivity contribution in [1.29, 1.82) is 0 Å². The van der Waals surface area contributed by atoms with E-state index in [-0.39, 0.29) is 17.9 Å².